The Hall–Kier alpha value is -1.22. The highest BCUT2D eigenvalue weighted by Crippen LogP contribution is 2.29. The van der Waals surface area contributed by atoms with Crippen LogP contribution in [0.5, 0.6) is 0 Å². The van der Waals surface area contributed by atoms with Crippen LogP contribution in [0.2, 0.25) is 0 Å². The van der Waals surface area contributed by atoms with Gasteiger partial charge in [-0.3, -0.25) is 13.9 Å². The molecule has 0 aliphatic heterocycles. The Morgan fingerprint density at radius 1 is 1.28 bits per heavy atom. The third-order valence-corrected chi connectivity index (χ3v) is 2.80. The third-order valence-electron chi connectivity index (χ3n) is 2.09. The number of aryl methyl sites for hydroxylation is 1. The van der Waals surface area contributed by atoms with E-state index in [4.69, 9.17) is 5.73 Å². The first-order valence-corrected chi connectivity index (χ1v) is 6.05. The third kappa shape index (κ3) is 4.22. The molecule has 0 amide bonds. The maximum atomic E-state index is 11.9. The zero-order valence-corrected chi connectivity index (χ0v) is 10.1. The number of nitrogens with zero attached hydrogens (tertiary/aromatic N) is 2. The lowest BCUT2D eigenvalue weighted by molar-refractivity contribution is -0.0328. The molecule has 1 aromatic heterocycles. The van der Waals surface area contributed by atoms with Crippen molar-refractivity contribution in [2.75, 3.05) is 12.3 Å². The van der Waals surface area contributed by atoms with Crippen molar-refractivity contribution in [3.63, 3.8) is 0 Å². The molecule has 0 saturated heterocycles. The highest BCUT2D eigenvalue weighted by molar-refractivity contribution is 8.00. The normalized spacial score (nSPS) is 11.8. The molecule has 0 spiro atoms. The zero-order chi connectivity index (χ0) is 13.8. The number of alkyl halides is 3. The maximum Gasteiger partial charge on any atom is 0.441 e. The van der Waals surface area contributed by atoms with E-state index >= 15 is 0 Å². The number of rotatable bonds is 5. The Kier molecular flexibility index (Phi) is 5.03. The summed E-state index contributed by atoms with van der Waals surface area (Å²) in [6.45, 7) is 0.0369. The Balaban J connectivity index is 2.82. The van der Waals surface area contributed by atoms with Crippen molar-refractivity contribution < 1.29 is 13.2 Å². The molecule has 1 rings (SSSR count). The molecule has 5 nitrogen and oxygen atoms in total. The van der Waals surface area contributed by atoms with Gasteiger partial charge >= 0.3 is 11.2 Å². The van der Waals surface area contributed by atoms with Gasteiger partial charge in [-0.05, 0) is 11.8 Å². The van der Waals surface area contributed by atoms with Gasteiger partial charge in [0, 0.05) is 37.7 Å². The van der Waals surface area contributed by atoms with E-state index in [0.717, 1.165) is 15.2 Å². The zero-order valence-electron chi connectivity index (χ0n) is 9.31. The molecule has 0 aromatic carbocycles. The topological polar surface area (TPSA) is 70.0 Å². The lowest BCUT2D eigenvalue weighted by atomic mass is 10.5. The van der Waals surface area contributed by atoms with Crippen LogP contribution >= 0.6 is 11.8 Å². The molecule has 2 N–H and O–H groups in total. The SMILES string of the molecule is NCCn1c(=O)ccn(CCSC(F)(F)F)c1=O. The summed E-state index contributed by atoms with van der Waals surface area (Å²) in [6, 6.07) is 1.13. The van der Waals surface area contributed by atoms with Crippen molar-refractivity contribution in [3.05, 3.63) is 33.1 Å². The van der Waals surface area contributed by atoms with E-state index in [1.807, 2.05) is 0 Å². The van der Waals surface area contributed by atoms with Gasteiger partial charge in [-0.15, -0.1) is 0 Å². The fraction of sp³-hybridized carbons (Fsp3) is 0.556. The summed E-state index contributed by atoms with van der Waals surface area (Å²) in [7, 11) is 0. The van der Waals surface area contributed by atoms with Gasteiger partial charge in [0.2, 0.25) is 0 Å². The molecule has 0 fully saturated rings. The summed E-state index contributed by atoms with van der Waals surface area (Å²) in [5.41, 5.74) is -0.231. The molecular formula is C9H12F3N3O2S. The average Bonchev–Trinajstić information content (AvgIpc) is 2.26. The van der Waals surface area contributed by atoms with Crippen molar-refractivity contribution in [1.29, 1.82) is 0 Å². The largest absolute Gasteiger partial charge is 0.441 e. The molecule has 1 aromatic rings. The highest BCUT2D eigenvalue weighted by atomic mass is 32.2. The van der Waals surface area contributed by atoms with Crippen LogP contribution in [0.15, 0.2) is 21.9 Å². The lowest BCUT2D eigenvalue weighted by Crippen LogP contribution is -2.40. The molecule has 9 heteroatoms. The first-order valence-electron chi connectivity index (χ1n) is 5.06. The van der Waals surface area contributed by atoms with Gasteiger partial charge in [-0.25, -0.2) is 4.79 Å². The Morgan fingerprint density at radius 2 is 1.94 bits per heavy atom. The first-order chi connectivity index (χ1) is 8.35. The summed E-state index contributed by atoms with van der Waals surface area (Å²) in [4.78, 5) is 23.0. The molecule has 18 heavy (non-hydrogen) atoms. The predicted octanol–water partition coefficient (Wildman–Crippen LogP) is 0.222. The van der Waals surface area contributed by atoms with Crippen molar-refractivity contribution in [1.82, 2.24) is 9.13 Å². The highest BCUT2D eigenvalue weighted by Gasteiger charge is 2.27. The van der Waals surface area contributed by atoms with Crippen LogP contribution < -0.4 is 17.0 Å². The smallest absolute Gasteiger partial charge is 0.329 e. The van der Waals surface area contributed by atoms with Crippen molar-refractivity contribution in [3.8, 4) is 0 Å². The quantitative estimate of drug-likeness (QED) is 0.839. The van der Waals surface area contributed by atoms with Crippen LogP contribution in [0.1, 0.15) is 0 Å². The van der Waals surface area contributed by atoms with Crippen LogP contribution in [0.25, 0.3) is 0 Å². The second-order valence-electron chi connectivity index (χ2n) is 3.36. The van der Waals surface area contributed by atoms with Crippen molar-refractivity contribution >= 4 is 11.8 Å². The summed E-state index contributed by atoms with van der Waals surface area (Å²) >= 11 is -0.211. The fourth-order valence-corrected chi connectivity index (χ4v) is 1.84. The summed E-state index contributed by atoms with van der Waals surface area (Å²) in [6.07, 6.45) is 1.19. The second kappa shape index (κ2) is 6.10. The van der Waals surface area contributed by atoms with Gasteiger partial charge in [0.1, 0.15) is 0 Å². The molecule has 0 saturated carbocycles. The Bertz CT molecular complexity index is 509. The van der Waals surface area contributed by atoms with E-state index < -0.39 is 16.8 Å². The van der Waals surface area contributed by atoms with Gasteiger partial charge in [0.15, 0.2) is 0 Å². The number of aromatic nitrogens is 2. The minimum atomic E-state index is -4.32. The second-order valence-corrected chi connectivity index (χ2v) is 4.52. The number of thioether (sulfide) groups is 1. The number of hydrogen-bond acceptors (Lipinski definition) is 4. The molecule has 0 atom stereocenters. The molecule has 1 heterocycles. The standard InChI is InChI=1S/C9H12F3N3O2S/c10-9(11,12)18-6-5-14-3-1-7(16)15(4-2-13)8(14)17/h1,3H,2,4-6,13H2. The summed E-state index contributed by atoms with van der Waals surface area (Å²) in [5, 5.41) is 0. The Labute approximate surface area is 104 Å². The molecule has 0 bridgehead atoms. The van der Waals surface area contributed by atoms with Gasteiger partial charge < -0.3 is 5.73 Å². The maximum absolute atomic E-state index is 11.9. The van der Waals surface area contributed by atoms with Gasteiger partial charge in [0.05, 0.1) is 0 Å². The average molecular weight is 283 g/mol. The van der Waals surface area contributed by atoms with Crippen molar-refractivity contribution in [2.24, 2.45) is 5.73 Å². The van der Waals surface area contributed by atoms with E-state index in [2.05, 4.69) is 0 Å². The predicted molar refractivity (Wildman–Crippen MR) is 62.5 cm³/mol. The number of hydrogen-bond donors (Lipinski definition) is 1. The molecule has 102 valence electrons. The minimum absolute atomic E-state index is 0.0465. The van der Waals surface area contributed by atoms with E-state index in [0.29, 0.717) is 0 Å². The molecular weight excluding hydrogens is 271 g/mol. The Morgan fingerprint density at radius 3 is 2.50 bits per heavy atom. The first kappa shape index (κ1) is 14.8. The van der Waals surface area contributed by atoms with Crippen molar-refractivity contribution in [2.45, 2.75) is 18.6 Å². The van der Waals surface area contributed by atoms with E-state index in [9.17, 15) is 22.8 Å². The fourth-order valence-electron chi connectivity index (χ4n) is 1.32. The molecule has 0 aliphatic carbocycles. The minimum Gasteiger partial charge on any atom is -0.329 e. The summed E-state index contributed by atoms with van der Waals surface area (Å²) in [5.74, 6) is -0.287. The van der Waals surface area contributed by atoms with Gasteiger partial charge in [-0.2, -0.15) is 13.2 Å². The van der Waals surface area contributed by atoms with Crippen LogP contribution in [-0.4, -0.2) is 26.9 Å². The van der Waals surface area contributed by atoms with Gasteiger partial charge in [-0.1, -0.05) is 0 Å². The molecule has 0 radical (unpaired) electrons. The molecule has 0 unspecified atom stereocenters. The monoisotopic (exact) mass is 283 g/mol. The van der Waals surface area contributed by atoms with Crippen LogP contribution in [0.4, 0.5) is 13.2 Å². The number of nitrogens with two attached hydrogens (primary N) is 1. The van der Waals surface area contributed by atoms with Crippen LogP contribution in [0.3, 0.4) is 0 Å². The molecule has 0 aliphatic rings. The number of halogens is 3. The van der Waals surface area contributed by atoms with Gasteiger partial charge in [0.25, 0.3) is 5.56 Å². The van der Waals surface area contributed by atoms with Crippen LogP contribution in [0, 0.1) is 0 Å². The summed E-state index contributed by atoms with van der Waals surface area (Å²) < 4.78 is 37.7. The van der Waals surface area contributed by atoms with E-state index in [1.165, 1.54) is 6.20 Å². The van der Waals surface area contributed by atoms with Crippen LogP contribution in [-0.2, 0) is 13.1 Å². The van der Waals surface area contributed by atoms with E-state index in [1.54, 1.807) is 0 Å². The lowest BCUT2D eigenvalue weighted by Gasteiger charge is -2.09. The van der Waals surface area contributed by atoms with E-state index in [-0.39, 0.29) is 37.1 Å².